The second-order valence-corrected chi connectivity index (χ2v) is 6.45. The monoisotopic (exact) mass is 328 g/mol. The molecule has 0 aromatic carbocycles. The van der Waals surface area contributed by atoms with Crippen LogP contribution in [0.2, 0.25) is 0 Å². The molecule has 0 aliphatic heterocycles. The van der Waals surface area contributed by atoms with Gasteiger partial charge in [-0.25, -0.2) is 4.98 Å². The number of aryl methyl sites for hydroxylation is 3. The SMILES string of the molecule is Cc1nc(C(=O)NC2CCC(Oc3cccnc3C)CC2)c(C)[nH]1. The molecule has 6 heteroatoms. The van der Waals surface area contributed by atoms with E-state index in [4.69, 9.17) is 4.74 Å². The number of carbonyl (C=O) groups is 1. The zero-order valence-corrected chi connectivity index (χ0v) is 14.4. The van der Waals surface area contributed by atoms with E-state index in [2.05, 4.69) is 20.3 Å². The molecule has 1 saturated carbocycles. The average Bonchev–Trinajstić information content (AvgIpc) is 2.90. The highest BCUT2D eigenvalue weighted by molar-refractivity contribution is 5.93. The molecule has 1 aliphatic rings. The van der Waals surface area contributed by atoms with E-state index in [0.29, 0.717) is 5.69 Å². The maximum absolute atomic E-state index is 12.3. The molecule has 2 heterocycles. The molecular weight excluding hydrogens is 304 g/mol. The Bertz CT molecular complexity index is 718. The number of H-pyrrole nitrogens is 1. The number of nitrogens with one attached hydrogen (secondary N) is 2. The minimum absolute atomic E-state index is 0.0932. The Labute approximate surface area is 142 Å². The summed E-state index contributed by atoms with van der Waals surface area (Å²) in [5, 5.41) is 3.10. The van der Waals surface area contributed by atoms with Crippen molar-refractivity contribution in [3.05, 3.63) is 41.2 Å². The molecule has 24 heavy (non-hydrogen) atoms. The summed E-state index contributed by atoms with van der Waals surface area (Å²) >= 11 is 0. The summed E-state index contributed by atoms with van der Waals surface area (Å²) in [5.74, 6) is 1.53. The molecule has 128 valence electrons. The number of imidazole rings is 1. The standard InChI is InChI=1S/C18H24N4O2/c1-11-16(5-4-10-19-11)24-15-8-6-14(7-9-15)22-18(23)17-12(2)20-13(3)21-17/h4-5,10,14-15H,6-9H2,1-3H3,(H,20,21)(H,22,23). The molecule has 0 unspecified atom stereocenters. The molecule has 2 aromatic heterocycles. The van der Waals surface area contributed by atoms with E-state index in [1.165, 1.54) is 0 Å². The van der Waals surface area contributed by atoms with Crippen molar-refractivity contribution in [1.82, 2.24) is 20.3 Å². The van der Waals surface area contributed by atoms with Gasteiger partial charge in [-0.3, -0.25) is 9.78 Å². The van der Waals surface area contributed by atoms with Gasteiger partial charge in [-0.2, -0.15) is 0 Å². The van der Waals surface area contributed by atoms with Gasteiger partial charge in [0.15, 0.2) is 0 Å². The van der Waals surface area contributed by atoms with Crippen molar-refractivity contribution in [3.8, 4) is 5.75 Å². The average molecular weight is 328 g/mol. The fourth-order valence-electron chi connectivity index (χ4n) is 3.18. The number of aromatic amines is 1. The molecular formula is C18H24N4O2. The molecule has 2 N–H and O–H groups in total. The predicted molar refractivity (Wildman–Crippen MR) is 91.2 cm³/mol. The maximum Gasteiger partial charge on any atom is 0.271 e. The van der Waals surface area contributed by atoms with Crippen molar-refractivity contribution in [2.45, 2.75) is 58.6 Å². The van der Waals surface area contributed by atoms with Crippen LogP contribution in [0.5, 0.6) is 5.75 Å². The van der Waals surface area contributed by atoms with Gasteiger partial charge in [-0.15, -0.1) is 0 Å². The molecule has 1 aliphatic carbocycles. The minimum atomic E-state index is -0.0932. The van der Waals surface area contributed by atoms with Crippen LogP contribution < -0.4 is 10.1 Å². The second kappa shape index (κ2) is 7.03. The lowest BCUT2D eigenvalue weighted by Crippen LogP contribution is -2.40. The van der Waals surface area contributed by atoms with Crippen molar-refractivity contribution in [3.63, 3.8) is 0 Å². The van der Waals surface area contributed by atoms with Crippen LogP contribution in [0.1, 0.15) is 53.4 Å². The van der Waals surface area contributed by atoms with Crippen molar-refractivity contribution >= 4 is 5.91 Å². The van der Waals surface area contributed by atoms with Gasteiger partial charge in [0.25, 0.3) is 5.91 Å². The van der Waals surface area contributed by atoms with Gasteiger partial charge in [0.2, 0.25) is 0 Å². The summed E-state index contributed by atoms with van der Waals surface area (Å²) in [5.41, 5.74) is 2.23. The third-order valence-electron chi connectivity index (χ3n) is 4.48. The molecule has 0 radical (unpaired) electrons. The van der Waals surface area contributed by atoms with Gasteiger partial charge in [0.05, 0.1) is 11.8 Å². The molecule has 1 amide bonds. The van der Waals surface area contributed by atoms with Crippen LogP contribution >= 0.6 is 0 Å². The zero-order valence-electron chi connectivity index (χ0n) is 14.4. The van der Waals surface area contributed by atoms with Crippen LogP contribution in [0, 0.1) is 20.8 Å². The van der Waals surface area contributed by atoms with Crippen LogP contribution in [0.3, 0.4) is 0 Å². The Morgan fingerprint density at radius 1 is 1.25 bits per heavy atom. The molecule has 0 spiro atoms. The smallest absolute Gasteiger partial charge is 0.271 e. The highest BCUT2D eigenvalue weighted by Gasteiger charge is 2.25. The number of rotatable bonds is 4. The van der Waals surface area contributed by atoms with Crippen molar-refractivity contribution < 1.29 is 9.53 Å². The van der Waals surface area contributed by atoms with Gasteiger partial charge in [0, 0.05) is 17.9 Å². The Hall–Kier alpha value is -2.37. The first-order chi connectivity index (χ1) is 11.5. The van der Waals surface area contributed by atoms with Crippen LogP contribution in [-0.2, 0) is 0 Å². The molecule has 0 atom stereocenters. The Kier molecular flexibility index (Phi) is 4.83. The van der Waals surface area contributed by atoms with Crippen molar-refractivity contribution in [1.29, 1.82) is 0 Å². The Morgan fingerprint density at radius 2 is 2.00 bits per heavy atom. The minimum Gasteiger partial charge on any atom is -0.489 e. The number of nitrogens with zero attached hydrogens (tertiary/aromatic N) is 2. The summed E-state index contributed by atoms with van der Waals surface area (Å²) in [6, 6.07) is 4.03. The Balaban J connectivity index is 1.51. The van der Waals surface area contributed by atoms with E-state index in [-0.39, 0.29) is 18.1 Å². The van der Waals surface area contributed by atoms with E-state index in [9.17, 15) is 4.79 Å². The van der Waals surface area contributed by atoms with Gasteiger partial charge < -0.3 is 15.0 Å². The number of amides is 1. The number of ether oxygens (including phenoxy) is 1. The lowest BCUT2D eigenvalue weighted by Gasteiger charge is -2.29. The fraction of sp³-hybridized carbons (Fsp3) is 0.500. The van der Waals surface area contributed by atoms with E-state index < -0.39 is 0 Å². The highest BCUT2D eigenvalue weighted by Crippen LogP contribution is 2.25. The van der Waals surface area contributed by atoms with Crippen molar-refractivity contribution in [2.75, 3.05) is 0 Å². The second-order valence-electron chi connectivity index (χ2n) is 6.45. The third kappa shape index (κ3) is 3.75. The molecule has 0 bridgehead atoms. The van der Waals surface area contributed by atoms with Crippen LogP contribution in [0.4, 0.5) is 0 Å². The summed E-state index contributed by atoms with van der Waals surface area (Å²) < 4.78 is 6.05. The fourth-order valence-corrected chi connectivity index (χ4v) is 3.18. The Morgan fingerprint density at radius 3 is 2.62 bits per heavy atom. The van der Waals surface area contributed by atoms with Gasteiger partial charge in [-0.05, 0) is 58.6 Å². The molecule has 1 fully saturated rings. The van der Waals surface area contributed by atoms with Crippen molar-refractivity contribution in [2.24, 2.45) is 0 Å². The number of hydrogen-bond acceptors (Lipinski definition) is 4. The van der Waals surface area contributed by atoms with Gasteiger partial charge in [-0.1, -0.05) is 0 Å². The summed E-state index contributed by atoms with van der Waals surface area (Å²) in [7, 11) is 0. The highest BCUT2D eigenvalue weighted by atomic mass is 16.5. The lowest BCUT2D eigenvalue weighted by molar-refractivity contribution is 0.0888. The van der Waals surface area contributed by atoms with E-state index >= 15 is 0 Å². The van der Waals surface area contributed by atoms with E-state index in [1.54, 1.807) is 6.20 Å². The third-order valence-corrected chi connectivity index (χ3v) is 4.48. The van der Waals surface area contributed by atoms with Crippen LogP contribution in [0.15, 0.2) is 18.3 Å². The summed E-state index contributed by atoms with van der Waals surface area (Å²) in [6.07, 6.45) is 5.65. The largest absolute Gasteiger partial charge is 0.489 e. The van der Waals surface area contributed by atoms with Crippen LogP contribution in [-0.4, -0.2) is 33.0 Å². The van der Waals surface area contributed by atoms with E-state index in [1.807, 2.05) is 32.9 Å². The van der Waals surface area contributed by atoms with Gasteiger partial charge >= 0.3 is 0 Å². The maximum atomic E-state index is 12.3. The first-order valence-electron chi connectivity index (χ1n) is 8.45. The van der Waals surface area contributed by atoms with E-state index in [0.717, 1.165) is 48.6 Å². The van der Waals surface area contributed by atoms with Crippen LogP contribution in [0.25, 0.3) is 0 Å². The summed E-state index contributed by atoms with van der Waals surface area (Å²) in [6.45, 7) is 5.68. The first kappa shape index (κ1) is 16.5. The predicted octanol–water partition coefficient (Wildman–Crippen LogP) is 2.85. The quantitative estimate of drug-likeness (QED) is 0.904. The number of pyridine rings is 1. The zero-order chi connectivity index (χ0) is 17.1. The van der Waals surface area contributed by atoms with Gasteiger partial charge in [0.1, 0.15) is 17.3 Å². The molecule has 0 saturated heterocycles. The molecule has 2 aromatic rings. The molecule has 6 nitrogen and oxygen atoms in total. The number of carbonyl (C=O) groups excluding carboxylic acids is 1. The molecule has 3 rings (SSSR count). The lowest BCUT2D eigenvalue weighted by atomic mass is 9.92. The number of aromatic nitrogens is 3. The topological polar surface area (TPSA) is 79.9 Å². The normalized spacial score (nSPS) is 20.6. The first-order valence-corrected chi connectivity index (χ1v) is 8.45. The summed E-state index contributed by atoms with van der Waals surface area (Å²) in [4.78, 5) is 23.9. The number of hydrogen-bond donors (Lipinski definition) is 2.